The fourth-order valence-electron chi connectivity index (χ4n) is 9.02. The first kappa shape index (κ1) is 38.6. The second kappa shape index (κ2) is 14.6. The number of carboxylic acid groups (broad SMARTS) is 1. The summed E-state index contributed by atoms with van der Waals surface area (Å²) in [5, 5.41) is 30.3. The number of phenols is 1. The molecular formula is C35H47F9O4. The van der Waals surface area contributed by atoms with Crippen molar-refractivity contribution in [2.45, 2.75) is 146 Å². The van der Waals surface area contributed by atoms with Gasteiger partial charge in [0.05, 0.1) is 12.0 Å². The molecule has 0 heterocycles. The molecule has 1 unspecified atom stereocenters. The third kappa shape index (κ3) is 7.60. The van der Waals surface area contributed by atoms with Crippen molar-refractivity contribution in [2.75, 3.05) is 0 Å². The number of unbranched alkanes of at least 4 members (excludes halogenated alkanes) is 6. The number of benzene rings is 1. The maximum absolute atomic E-state index is 13.9. The smallest absolute Gasteiger partial charge is 0.460 e. The molecule has 3 N–H and O–H groups in total. The van der Waals surface area contributed by atoms with E-state index in [1.54, 1.807) is 6.07 Å². The number of alkyl halides is 9. The molecule has 2 fully saturated rings. The van der Waals surface area contributed by atoms with Crippen molar-refractivity contribution in [1.29, 1.82) is 0 Å². The molecule has 0 aromatic heterocycles. The number of hydrogen-bond donors (Lipinski definition) is 3. The van der Waals surface area contributed by atoms with Crippen molar-refractivity contribution in [1.82, 2.24) is 0 Å². The van der Waals surface area contributed by atoms with Gasteiger partial charge in [-0.1, -0.05) is 57.9 Å². The lowest BCUT2D eigenvalue weighted by Crippen LogP contribution is -2.60. The SMILES string of the molecule is C[C@]12CC[C@@H]3c4ccc(O)cc4C[C@@H](CCCCCCCCCC(CCC(F)(F)C(F)(F)C(F)(F)C(F)(F)F)C(=O)O)[C@H]3[C@@H]1CC[C@@H]2O. The highest BCUT2D eigenvalue weighted by molar-refractivity contribution is 5.69. The average molecular weight is 703 g/mol. The molecule has 3 aliphatic carbocycles. The number of aromatic hydroxyl groups is 1. The molecule has 0 bridgehead atoms. The molecule has 0 saturated heterocycles. The molecule has 1 aromatic carbocycles. The summed E-state index contributed by atoms with van der Waals surface area (Å²) in [5.74, 6) is -20.6. The molecule has 13 heteroatoms. The summed E-state index contributed by atoms with van der Waals surface area (Å²) in [6, 6.07) is 5.72. The van der Waals surface area contributed by atoms with Crippen molar-refractivity contribution in [2.24, 2.45) is 29.1 Å². The van der Waals surface area contributed by atoms with E-state index in [0.717, 1.165) is 64.2 Å². The lowest BCUT2D eigenvalue weighted by molar-refractivity contribution is -0.396. The van der Waals surface area contributed by atoms with Crippen molar-refractivity contribution >= 4 is 5.97 Å². The van der Waals surface area contributed by atoms with Gasteiger partial charge in [0.15, 0.2) is 0 Å². The van der Waals surface area contributed by atoms with Gasteiger partial charge in [0.1, 0.15) is 5.75 Å². The number of phenolic OH excluding ortho intramolecular Hbond substituents is 1. The number of carbonyl (C=O) groups is 1. The van der Waals surface area contributed by atoms with Gasteiger partial charge in [-0.15, -0.1) is 0 Å². The summed E-state index contributed by atoms with van der Waals surface area (Å²) in [4.78, 5) is 11.5. The van der Waals surface area contributed by atoms with Gasteiger partial charge in [-0.05, 0) is 104 Å². The van der Waals surface area contributed by atoms with Gasteiger partial charge in [-0.3, -0.25) is 4.79 Å². The predicted octanol–water partition coefficient (Wildman–Crippen LogP) is 10.3. The fourth-order valence-corrected chi connectivity index (χ4v) is 9.02. The van der Waals surface area contributed by atoms with Crippen molar-refractivity contribution in [3.63, 3.8) is 0 Å². The van der Waals surface area contributed by atoms with E-state index in [2.05, 4.69) is 13.0 Å². The van der Waals surface area contributed by atoms with Crippen LogP contribution in [-0.4, -0.2) is 51.3 Å². The number of halogens is 9. The largest absolute Gasteiger partial charge is 0.508 e. The summed E-state index contributed by atoms with van der Waals surface area (Å²) in [5.41, 5.74) is 2.47. The van der Waals surface area contributed by atoms with E-state index in [-0.39, 0.29) is 30.1 Å². The average Bonchev–Trinajstić information content (AvgIpc) is 3.30. The minimum atomic E-state index is -6.98. The Kier molecular flexibility index (Phi) is 11.7. The monoisotopic (exact) mass is 702 g/mol. The number of aliphatic hydroxyl groups excluding tert-OH is 1. The molecule has 48 heavy (non-hydrogen) atoms. The fraction of sp³-hybridized carbons (Fsp3) is 0.800. The summed E-state index contributed by atoms with van der Waals surface area (Å²) in [7, 11) is 0. The van der Waals surface area contributed by atoms with E-state index in [0.29, 0.717) is 36.5 Å². The standard InChI is InChI=1S/C35H47F9O4/c1-31-17-16-26-25-12-11-24(45)20-23(25)19-22(29(26)27(31)13-14-28(31)46)10-8-6-4-2-3-5-7-9-21(30(47)48)15-18-32(36,37)33(38,39)34(40,41)35(42,43)44/h11-12,20-22,26-29,45-46H,2-10,13-19H2,1H3,(H,47,48)/t21?,22-,26-,27+,28+,29-,31+/m1/s1. The van der Waals surface area contributed by atoms with Gasteiger partial charge >= 0.3 is 29.9 Å². The molecule has 3 aliphatic rings. The van der Waals surface area contributed by atoms with Crippen LogP contribution in [0.4, 0.5) is 39.5 Å². The number of fused-ring (bicyclic) bond motifs is 5. The van der Waals surface area contributed by atoms with Crippen molar-refractivity contribution in [3.05, 3.63) is 29.3 Å². The quantitative estimate of drug-likeness (QED) is 0.118. The Morgan fingerprint density at radius 1 is 0.875 bits per heavy atom. The maximum atomic E-state index is 13.9. The highest BCUT2D eigenvalue weighted by atomic mass is 19.4. The molecule has 4 nitrogen and oxygen atoms in total. The maximum Gasteiger partial charge on any atom is 0.460 e. The number of aliphatic hydroxyl groups is 1. The van der Waals surface area contributed by atoms with Gasteiger partial charge in [0, 0.05) is 6.42 Å². The third-order valence-electron chi connectivity index (χ3n) is 11.8. The van der Waals surface area contributed by atoms with Crippen LogP contribution in [0, 0.1) is 29.1 Å². The van der Waals surface area contributed by atoms with E-state index in [1.807, 2.05) is 6.07 Å². The Hall–Kier alpha value is -2.18. The van der Waals surface area contributed by atoms with Gasteiger partial charge in [0.2, 0.25) is 0 Å². The van der Waals surface area contributed by atoms with E-state index in [1.165, 1.54) is 11.1 Å². The molecule has 7 atom stereocenters. The predicted molar refractivity (Wildman–Crippen MR) is 160 cm³/mol. The first-order valence-electron chi connectivity index (χ1n) is 17.2. The lowest BCUT2D eigenvalue weighted by atomic mass is 9.52. The molecule has 2 saturated carbocycles. The van der Waals surface area contributed by atoms with E-state index < -0.39 is 48.7 Å². The third-order valence-corrected chi connectivity index (χ3v) is 11.8. The van der Waals surface area contributed by atoms with Crippen LogP contribution in [0.25, 0.3) is 0 Å². The zero-order valence-electron chi connectivity index (χ0n) is 27.2. The number of carboxylic acids is 1. The molecule has 1 aromatic rings. The van der Waals surface area contributed by atoms with Crippen molar-refractivity contribution in [3.8, 4) is 5.75 Å². The van der Waals surface area contributed by atoms with Crippen LogP contribution in [0.5, 0.6) is 5.75 Å². The zero-order chi connectivity index (χ0) is 35.7. The van der Waals surface area contributed by atoms with Crippen LogP contribution in [0.2, 0.25) is 0 Å². The summed E-state index contributed by atoms with van der Waals surface area (Å²) < 4.78 is 118. The van der Waals surface area contributed by atoms with Gasteiger partial charge < -0.3 is 15.3 Å². The Morgan fingerprint density at radius 2 is 1.50 bits per heavy atom. The highest BCUT2D eigenvalue weighted by Crippen LogP contribution is 2.63. The van der Waals surface area contributed by atoms with Crippen LogP contribution in [0.1, 0.15) is 120 Å². The van der Waals surface area contributed by atoms with Crippen LogP contribution >= 0.6 is 0 Å². The van der Waals surface area contributed by atoms with Crippen LogP contribution in [-0.2, 0) is 11.2 Å². The summed E-state index contributed by atoms with van der Waals surface area (Å²) in [6.07, 6.45) is 0.306. The van der Waals surface area contributed by atoms with E-state index >= 15 is 0 Å². The first-order chi connectivity index (χ1) is 22.2. The molecule has 0 radical (unpaired) electrons. The van der Waals surface area contributed by atoms with Crippen molar-refractivity contribution < 1.29 is 59.6 Å². The normalized spacial score (nSPS) is 28.4. The minimum absolute atomic E-state index is 0.0682. The van der Waals surface area contributed by atoms with Gasteiger partial charge in [-0.25, -0.2) is 0 Å². The minimum Gasteiger partial charge on any atom is -0.508 e. The highest BCUT2D eigenvalue weighted by Gasteiger charge is 2.81. The second-order valence-electron chi connectivity index (χ2n) is 14.8. The second-order valence-corrected chi connectivity index (χ2v) is 14.8. The molecule has 0 spiro atoms. The lowest BCUT2D eigenvalue weighted by Gasteiger charge is -2.53. The first-order valence-corrected chi connectivity index (χ1v) is 17.2. The van der Waals surface area contributed by atoms with Crippen LogP contribution in [0.3, 0.4) is 0 Å². The number of hydrogen-bond acceptors (Lipinski definition) is 3. The van der Waals surface area contributed by atoms with E-state index in [9.17, 15) is 59.6 Å². The molecule has 4 rings (SSSR count). The Morgan fingerprint density at radius 3 is 2.12 bits per heavy atom. The zero-order valence-corrected chi connectivity index (χ0v) is 27.2. The molecular weight excluding hydrogens is 655 g/mol. The summed E-state index contributed by atoms with van der Waals surface area (Å²) >= 11 is 0. The van der Waals surface area contributed by atoms with Gasteiger partial charge in [-0.2, -0.15) is 39.5 Å². The Bertz CT molecular complexity index is 1250. The molecule has 274 valence electrons. The topological polar surface area (TPSA) is 77.8 Å². The molecule has 0 aliphatic heterocycles. The van der Waals surface area contributed by atoms with Gasteiger partial charge in [0.25, 0.3) is 0 Å². The van der Waals surface area contributed by atoms with E-state index in [4.69, 9.17) is 0 Å². The number of rotatable bonds is 16. The Labute approximate surface area is 275 Å². The Balaban J connectivity index is 1.20. The van der Waals surface area contributed by atoms with Crippen LogP contribution < -0.4 is 0 Å². The summed E-state index contributed by atoms with van der Waals surface area (Å²) in [6.45, 7) is 2.24. The number of aliphatic carboxylic acids is 1. The van der Waals surface area contributed by atoms with Crippen LogP contribution in [0.15, 0.2) is 18.2 Å². The molecule has 0 amide bonds.